The van der Waals surface area contributed by atoms with Crippen LogP contribution in [0.25, 0.3) is 0 Å². The van der Waals surface area contributed by atoms with Gasteiger partial charge < -0.3 is 14.7 Å². The Labute approximate surface area is 127 Å². The molecule has 5 heteroatoms. The summed E-state index contributed by atoms with van der Waals surface area (Å²) in [7, 11) is 0. The van der Waals surface area contributed by atoms with Crippen molar-refractivity contribution < 1.29 is 19.4 Å². The summed E-state index contributed by atoms with van der Waals surface area (Å²) in [6, 6.07) is -0.129. The van der Waals surface area contributed by atoms with Crippen LogP contribution in [-0.4, -0.2) is 41.3 Å². The van der Waals surface area contributed by atoms with E-state index in [1.165, 1.54) is 0 Å². The average molecular weight is 299 g/mol. The minimum Gasteiger partial charge on any atom is -0.466 e. The van der Waals surface area contributed by atoms with E-state index in [-0.39, 0.29) is 28.8 Å². The number of rotatable bonds is 3. The highest BCUT2D eigenvalue weighted by Crippen LogP contribution is 2.48. The number of nitrogens with zero attached hydrogens (tertiary/aromatic N) is 1. The second kappa shape index (κ2) is 6.24. The van der Waals surface area contributed by atoms with Crippen LogP contribution in [0.5, 0.6) is 0 Å². The van der Waals surface area contributed by atoms with E-state index in [0.29, 0.717) is 26.0 Å². The lowest BCUT2D eigenvalue weighted by Gasteiger charge is -2.55. The van der Waals surface area contributed by atoms with Gasteiger partial charge in [0.15, 0.2) is 0 Å². The first-order valence-electron chi connectivity index (χ1n) is 7.67. The quantitative estimate of drug-likeness (QED) is 0.811. The van der Waals surface area contributed by atoms with Gasteiger partial charge in [-0.3, -0.25) is 4.79 Å². The molecule has 122 valence electrons. The summed E-state index contributed by atoms with van der Waals surface area (Å²) in [4.78, 5) is 24.9. The molecule has 0 bridgehead atoms. The minimum absolute atomic E-state index is 0.129. The van der Waals surface area contributed by atoms with Gasteiger partial charge in [0.25, 0.3) is 0 Å². The lowest BCUT2D eigenvalue weighted by molar-refractivity contribution is -0.147. The van der Waals surface area contributed by atoms with E-state index >= 15 is 0 Å². The van der Waals surface area contributed by atoms with Gasteiger partial charge in [0.05, 0.1) is 6.61 Å². The van der Waals surface area contributed by atoms with Gasteiger partial charge in [0.2, 0.25) is 0 Å². The Hall–Kier alpha value is -1.26. The number of ether oxygens (including phenoxy) is 1. The van der Waals surface area contributed by atoms with E-state index in [4.69, 9.17) is 4.74 Å². The second-order valence-electron chi connectivity index (χ2n) is 7.56. The Morgan fingerprint density at radius 2 is 1.90 bits per heavy atom. The van der Waals surface area contributed by atoms with Crippen LogP contribution in [0.2, 0.25) is 0 Å². The van der Waals surface area contributed by atoms with E-state index in [0.717, 1.165) is 0 Å². The maximum Gasteiger partial charge on any atom is 0.407 e. The molecule has 2 unspecified atom stereocenters. The van der Waals surface area contributed by atoms with E-state index in [1.807, 2.05) is 0 Å². The normalized spacial score (nSPS) is 25.5. The highest BCUT2D eigenvalue weighted by atomic mass is 16.5. The number of hydrogen-bond acceptors (Lipinski definition) is 3. The predicted molar refractivity (Wildman–Crippen MR) is 81.1 cm³/mol. The van der Waals surface area contributed by atoms with Crippen LogP contribution in [0.15, 0.2) is 0 Å². The number of carboxylic acid groups (broad SMARTS) is 1. The third-order valence-corrected chi connectivity index (χ3v) is 4.57. The molecule has 0 saturated carbocycles. The lowest BCUT2D eigenvalue weighted by Crippen LogP contribution is -2.61. The number of piperidine rings is 1. The van der Waals surface area contributed by atoms with Crippen molar-refractivity contribution in [2.75, 3.05) is 13.2 Å². The second-order valence-corrected chi connectivity index (χ2v) is 7.56. The highest BCUT2D eigenvalue weighted by molar-refractivity contribution is 5.70. The third-order valence-electron chi connectivity index (χ3n) is 4.57. The van der Waals surface area contributed by atoms with E-state index in [9.17, 15) is 14.7 Å². The summed E-state index contributed by atoms with van der Waals surface area (Å²) in [5, 5.41) is 9.49. The smallest absolute Gasteiger partial charge is 0.407 e. The number of hydrogen-bond donors (Lipinski definition) is 1. The zero-order valence-corrected chi connectivity index (χ0v) is 14.1. The van der Waals surface area contributed by atoms with E-state index < -0.39 is 6.09 Å². The highest BCUT2D eigenvalue weighted by Gasteiger charge is 2.51. The summed E-state index contributed by atoms with van der Waals surface area (Å²) in [6.45, 7) is 13.0. The largest absolute Gasteiger partial charge is 0.466 e. The monoisotopic (exact) mass is 299 g/mol. The van der Waals surface area contributed by atoms with Crippen LogP contribution < -0.4 is 0 Å². The Kier molecular flexibility index (Phi) is 5.29. The maximum atomic E-state index is 11.8. The van der Waals surface area contributed by atoms with Gasteiger partial charge in [0, 0.05) is 19.0 Å². The molecule has 0 spiro atoms. The van der Waals surface area contributed by atoms with E-state index in [2.05, 4.69) is 34.6 Å². The number of carbonyl (C=O) groups excluding carboxylic acids is 1. The fourth-order valence-electron chi connectivity index (χ4n) is 4.00. The molecule has 1 fully saturated rings. The van der Waals surface area contributed by atoms with Crippen molar-refractivity contribution in [2.45, 2.75) is 60.4 Å². The summed E-state index contributed by atoms with van der Waals surface area (Å²) in [5.74, 6) is -0.0524. The van der Waals surface area contributed by atoms with Crippen molar-refractivity contribution in [3.05, 3.63) is 0 Å². The van der Waals surface area contributed by atoms with Crippen molar-refractivity contribution >= 4 is 12.1 Å². The fourth-order valence-corrected chi connectivity index (χ4v) is 4.00. The van der Waals surface area contributed by atoms with Crippen molar-refractivity contribution in [2.24, 2.45) is 16.7 Å². The number of likely N-dealkylation sites (tertiary alicyclic amines) is 1. The molecule has 1 rings (SSSR count). The predicted octanol–water partition coefficient (Wildman–Crippen LogP) is 3.38. The Morgan fingerprint density at radius 1 is 1.33 bits per heavy atom. The molecule has 21 heavy (non-hydrogen) atoms. The number of carbonyl (C=O) groups is 2. The minimum atomic E-state index is -0.877. The molecule has 1 aliphatic rings. The molecule has 0 aromatic carbocycles. The molecule has 1 aliphatic heterocycles. The van der Waals surface area contributed by atoms with Gasteiger partial charge in [-0.2, -0.15) is 0 Å². The van der Waals surface area contributed by atoms with Gasteiger partial charge in [-0.1, -0.05) is 34.6 Å². The van der Waals surface area contributed by atoms with E-state index in [1.54, 1.807) is 11.8 Å². The summed E-state index contributed by atoms with van der Waals surface area (Å²) >= 11 is 0. The molecule has 0 radical (unpaired) electrons. The number of amides is 1. The third kappa shape index (κ3) is 3.89. The van der Waals surface area contributed by atoms with Crippen molar-refractivity contribution in [1.82, 2.24) is 4.90 Å². The first kappa shape index (κ1) is 17.8. The van der Waals surface area contributed by atoms with Crippen LogP contribution in [-0.2, 0) is 9.53 Å². The van der Waals surface area contributed by atoms with Crippen LogP contribution in [0.4, 0.5) is 4.79 Å². The van der Waals surface area contributed by atoms with Crippen molar-refractivity contribution in [1.29, 1.82) is 0 Å². The molecule has 1 N–H and O–H groups in total. The summed E-state index contributed by atoms with van der Waals surface area (Å²) in [6.07, 6.45) is 0.184. The maximum absolute atomic E-state index is 11.8. The average Bonchev–Trinajstić information content (AvgIpc) is 2.29. The van der Waals surface area contributed by atoms with Crippen LogP contribution in [0.3, 0.4) is 0 Å². The topological polar surface area (TPSA) is 66.8 Å². The first-order valence-corrected chi connectivity index (χ1v) is 7.67. The van der Waals surface area contributed by atoms with Gasteiger partial charge >= 0.3 is 12.1 Å². The molecule has 1 amide bonds. The molecule has 0 aliphatic carbocycles. The SMILES string of the molecule is CCOC(=O)CC1CCN(C(=O)O)C(C(C)(C)C)C1(C)C. The van der Waals surface area contributed by atoms with Gasteiger partial charge in [-0.15, -0.1) is 0 Å². The molecule has 1 heterocycles. The standard InChI is InChI=1S/C16H29NO4/c1-7-21-12(18)10-11-8-9-17(14(19)20)13(15(2,3)4)16(11,5)6/h11,13H,7-10H2,1-6H3,(H,19,20). The molecule has 2 atom stereocenters. The van der Waals surface area contributed by atoms with Gasteiger partial charge in [-0.05, 0) is 30.1 Å². The van der Waals surface area contributed by atoms with Gasteiger partial charge in [-0.25, -0.2) is 4.79 Å². The molecule has 5 nitrogen and oxygen atoms in total. The zero-order chi connectivity index (χ0) is 16.4. The molecular formula is C16H29NO4. The molecular weight excluding hydrogens is 270 g/mol. The zero-order valence-electron chi connectivity index (χ0n) is 14.1. The summed E-state index contributed by atoms with van der Waals surface area (Å²) < 4.78 is 5.06. The Morgan fingerprint density at radius 3 is 2.33 bits per heavy atom. The van der Waals surface area contributed by atoms with Crippen LogP contribution in [0, 0.1) is 16.7 Å². The molecule has 1 saturated heterocycles. The first-order chi connectivity index (χ1) is 9.51. The Balaban J connectivity index is 3.03. The Bertz CT molecular complexity index is 398. The lowest BCUT2D eigenvalue weighted by atomic mass is 9.60. The molecule has 0 aromatic rings. The summed E-state index contributed by atoms with van der Waals surface area (Å²) in [5.41, 5.74) is -0.461. The fraction of sp³-hybridized carbons (Fsp3) is 0.875. The van der Waals surface area contributed by atoms with Crippen LogP contribution in [0.1, 0.15) is 54.4 Å². The van der Waals surface area contributed by atoms with Crippen LogP contribution >= 0.6 is 0 Å². The van der Waals surface area contributed by atoms with Gasteiger partial charge in [0.1, 0.15) is 0 Å². The van der Waals surface area contributed by atoms with Crippen molar-refractivity contribution in [3.8, 4) is 0 Å². The molecule has 0 aromatic heterocycles. The van der Waals surface area contributed by atoms with Crippen molar-refractivity contribution in [3.63, 3.8) is 0 Å². The number of esters is 1.